The molecule has 3 rings (SSSR count). The lowest BCUT2D eigenvalue weighted by atomic mass is 10.1. The van der Waals surface area contributed by atoms with E-state index in [0.29, 0.717) is 5.52 Å². The minimum absolute atomic E-state index is 0.0341. The van der Waals surface area contributed by atoms with Gasteiger partial charge >= 0.3 is 0 Å². The number of aromatic nitrogens is 3. The fraction of sp³-hybridized carbons (Fsp3) is 0.188. The number of amides is 1. The summed E-state index contributed by atoms with van der Waals surface area (Å²) in [5.41, 5.74) is 1.66. The Morgan fingerprint density at radius 2 is 2.04 bits per heavy atom. The summed E-state index contributed by atoms with van der Waals surface area (Å²) in [5.74, 6) is -1.68. The summed E-state index contributed by atoms with van der Waals surface area (Å²) in [6.45, 7) is 1.60. The zero-order chi connectivity index (χ0) is 16.4. The second-order valence-electron chi connectivity index (χ2n) is 5.19. The van der Waals surface area contributed by atoms with E-state index in [0.717, 1.165) is 17.6 Å². The van der Waals surface area contributed by atoms with Crippen molar-refractivity contribution < 1.29 is 13.6 Å². The van der Waals surface area contributed by atoms with Crippen LogP contribution in [0.4, 0.5) is 8.78 Å². The van der Waals surface area contributed by atoms with Crippen LogP contribution in [0.1, 0.15) is 18.5 Å². The Labute approximate surface area is 130 Å². The van der Waals surface area contributed by atoms with Crippen LogP contribution < -0.4 is 5.32 Å². The van der Waals surface area contributed by atoms with E-state index in [2.05, 4.69) is 15.6 Å². The molecule has 0 saturated carbocycles. The van der Waals surface area contributed by atoms with E-state index in [1.54, 1.807) is 13.0 Å². The van der Waals surface area contributed by atoms with Crippen LogP contribution in [0.3, 0.4) is 0 Å². The fourth-order valence-electron chi connectivity index (χ4n) is 2.39. The van der Waals surface area contributed by atoms with Crippen LogP contribution in [0.25, 0.3) is 11.0 Å². The van der Waals surface area contributed by atoms with Crippen molar-refractivity contribution in [1.82, 2.24) is 20.3 Å². The molecule has 0 radical (unpaired) electrons. The summed E-state index contributed by atoms with van der Waals surface area (Å²) >= 11 is 0. The van der Waals surface area contributed by atoms with Crippen molar-refractivity contribution in [1.29, 1.82) is 0 Å². The minimum atomic E-state index is -0.691. The van der Waals surface area contributed by atoms with Crippen molar-refractivity contribution in [3.63, 3.8) is 0 Å². The Morgan fingerprint density at radius 1 is 1.26 bits per heavy atom. The molecule has 23 heavy (non-hydrogen) atoms. The van der Waals surface area contributed by atoms with E-state index in [1.165, 1.54) is 10.7 Å². The zero-order valence-electron chi connectivity index (χ0n) is 12.3. The third-order valence-corrected chi connectivity index (χ3v) is 3.52. The first kappa shape index (κ1) is 15.1. The molecule has 1 aromatic heterocycles. The summed E-state index contributed by atoms with van der Waals surface area (Å²) < 4.78 is 28.1. The molecule has 1 atom stereocenters. The van der Waals surface area contributed by atoms with Gasteiger partial charge in [0.2, 0.25) is 5.91 Å². The number of hydrogen-bond donors (Lipinski definition) is 1. The molecule has 0 saturated heterocycles. The van der Waals surface area contributed by atoms with E-state index >= 15 is 0 Å². The van der Waals surface area contributed by atoms with Gasteiger partial charge in [-0.2, -0.15) is 0 Å². The maximum Gasteiger partial charge on any atom is 0.242 e. The monoisotopic (exact) mass is 316 g/mol. The number of nitrogens with zero attached hydrogens (tertiary/aromatic N) is 3. The molecule has 0 fully saturated rings. The fourth-order valence-corrected chi connectivity index (χ4v) is 2.39. The number of hydrogen-bond acceptors (Lipinski definition) is 3. The quantitative estimate of drug-likeness (QED) is 0.805. The lowest BCUT2D eigenvalue weighted by Gasteiger charge is -2.15. The summed E-state index contributed by atoms with van der Waals surface area (Å²) in [4.78, 5) is 12.1. The molecular formula is C16H14F2N4O. The van der Waals surface area contributed by atoms with Gasteiger partial charge in [0.25, 0.3) is 0 Å². The van der Waals surface area contributed by atoms with Crippen LogP contribution in [0.2, 0.25) is 0 Å². The van der Waals surface area contributed by atoms with Crippen LogP contribution in [0, 0.1) is 11.6 Å². The molecule has 1 N–H and O–H groups in total. The van der Waals surface area contributed by atoms with E-state index in [9.17, 15) is 13.6 Å². The van der Waals surface area contributed by atoms with Gasteiger partial charge in [0.1, 0.15) is 23.7 Å². The Hall–Kier alpha value is -2.83. The molecule has 0 aliphatic rings. The van der Waals surface area contributed by atoms with Gasteiger partial charge in [-0.3, -0.25) is 4.79 Å². The Bertz CT molecular complexity index is 862. The average Bonchev–Trinajstić information content (AvgIpc) is 2.90. The standard InChI is InChI=1S/C16H14F2N4O/c1-10(12-7-6-11(17)8-13(12)18)19-16(23)9-22-15-5-3-2-4-14(15)20-21-22/h2-8,10H,9H2,1H3,(H,19,23). The molecule has 0 aliphatic carbocycles. The summed E-state index contributed by atoms with van der Waals surface area (Å²) in [5, 5.41) is 10.6. The maximum absolute atomic E-state index is 13.7. The van der Waals surface area contributed by atoms with E-state index in [4.69, 9.17) is 0 Å². The first-order chi connectivity index (χ1) is 11.0. The molecule has 3 aromatic rings. The minimum Gasteiger partial charge on any atom is -0.348 e. The first-order valence-electron chi connectivity index (χ1n) is 7.07. The smallest absolute Gasteiger partial charge is 0.242 e. The van der Waals surface area contributed by atoms with Crippen LogP contribution in [0.15, 0.2) is 42.5 Å². The lowest BCUT2D eigenvalue weighted by molar-refractivity contribution is -0.122. The Kier molecular flexibility index (Phi) is 4.01. The number of halogens is 2. The van der Waals surface area contributed by atoms with Crippen molar-refractivity contribution in [2.24, 2.45) is 0 Å². The highest BCUT2D eigenvalue weighted by molar-refractivity contribution is 5.80. The summed E-state index contributed by atoms with van der Waals surface area (Å²) in [7, 11) is 0. The second-order valence-corrected chi connectivity index (χ2v) is 5.19. The molecule has 118 valence electrons. The molecule has 1 amide bonds. The Balaban J connectivity index is 1.71. The third kappa shape index (κ3) is 3.18. The molecule has 2 aromatic carbocycles. The van der Waals surface area contributed by atoms with Crippen LogP contribution in [-0.4, -0.2) is 20.9 Å². The third-order valence-electron chi connectivity index (χ3n) is 3.52. The maximum atomic E-state index is 13.7. The molecule has 0 aliphatic heterocycles. The highest BCUT2D eigenvalue weighted by Crippen LogP contribution is 2.17. The predicted octanol–water partition coefficient (Wildman–Crippen LogP) is 2.59. The van der Waals surface area contributed by atoms with Crippen LogP contribution in [-0.2, 0) is 11.3 Å². The number of nitrogens with one attached hydrogen (secondary N) is 1. The van der Waals surface area contributed by atoms with E-state index in [-0.39, 0.29) is 18.0 Å². The molecule has 5 nitrogen and oxygen atoms in total. The van der Waals surface area contributed by atoms with Gasteiger partial charge in [-0.15, -0.1) is 5.10 Å². The van der Waals surface area contributed by atoms with Crippen molar-refractivity contribution in [2.45, 2.75) is 19.5 Å². The van der Waals surface area contributed by atoms with Gasteiger partial charge in [0, 0.05) is 11.6 Å². The topological polar surface area (TPSA) is 59.8 Å². The van der Waals surface area contributed by atoms with Gasteiger partial charge in [-0.05, 0) is 25.1 Å². The van der Waals surface area contributed by atoms with Crippen molar-refractivity contribution >= 4 is 16.9 Å². The number of carbonyl (C=O) groups is 1. The molecular weight excluding hydrogens is 302 g/mol. The number of rotatable bonds is 4. The Morgan fingerprint density at radius 3 is 2.83 bits per heavy atom. The molecule has 7 heteroatoms. The lowest BCUT2D eigenvalue weighted by Crippen LogP contribution is -2.30. The summed E-state index contributed by atoms with van der Waals surface area (Å²) in [6.07, 6.45) is 0. The number of carbonyl (C=O) groups excluding carboxylic acids is 1. The van der Waals surface area contributed by atoms with E-state index < -0.39 is 17.7 Å². The van der Waals surface area contributed by atoms with Crippen LogP contribution >= 0.6 is 0 Å². The molecule has 0 spiro atoms. The molecule has 1 heterocycles. The van der Waals surface area contributed by atoms with Crippen LogP contribution in [0.5, 0.6) is 0 Å². The number of para-hydroxylation sites is 1. The largest absolute Gasteiger partial charge is 0.348 e. The molecule has 1 unspecified atom stereocenters. The normalized spacial score (nSPS) is 12.3. The highest BCUT2D eigenvalue weighted by Gasteiger charge is 2.15. The van der Waals surface area contributed by atoms with Gasteiger partial charge in [0.05, 0.1) is 11.6 Å². The van der Waals surface area contributed by atoms with Crippen molar-refractivity contribution in [3.05, 3.63) is 59.7 Å². The number of benzene rings is 2. The zero-order valence-corrected chi connectivity index (χ0v) is 12.3. The predicted molar refractivity (Wildman–Crippen MR) is 80.4 cm³/mol. The average molecular weight is 316 g/mol. The van der Waals surface area contributed by atoms with E-state index in [1.807, 2.05) is 18.2 Å². The van der Waals surface area contributed by atoms with Crippen molar-refractivity contribution in [3.8, 4) is 0 Å². The van der Waals surface area contributed by atoms with Gasteiger partial charge < -0.3 is 5.32 Å². The van der Waals surface area contributed by atoms with Gasteiger partial charge in [-0.25, -0.2) is 13.5 Å². The summed E-state index contributed by atoms with van der Waals surface area (Å²) in [6, 6.07) is 9.96. The van der Waals surface area contributed by atoms with Crippen molar-refractivity contribution in [2.75, 3.05) is 0 Å². The van der Waals surface area contributed by atoms with Gasteiger partial charge in [0.15, 0.2) is 0 Å². The highest BCUT2D eigenvalue weighted by atomic mass is 19.1. The number of fused-ring (bicyclic) bond motifs is 1. The van der Waals surface area contributed by atoms with Gasteiger partial charge in [-0.1, -0.05) is 23.4 Å². The SMILES string of the molecule is CC(NC(=O)Cn1nnc2ccccc21)c1ccc(F)cc1F. The second kappa shape index (κ2) is 6.12. The molecule has 0 bridgehead atoms. The first-order valence-corrected chi connectivity index (χ1v) is 7.07.